The molecule has 1 saturated carbocycles. The van der Waals surface area contributed by atoms with Gasteiger partial charge in [0.2, 0.25) is 11.8 Å². The second-order valence-corrected chi connectivity index (χ2v) is 12.7. The first kappa shape index (κ1) is 32.3. The highest BCUT2D eigenvalue weighted by Crippen LogP contribution is 2.37. The average Bonchev–Trinajstić information content (AvgIpc) is 3.49. The van der Waals surface area contributed by atoms with Crippen LogP contribution in [0, 0.1) is 0 Å². The molecule has 7 nitrogen and oxygen atoms in total. The molecule has 3 aromatic carbocycles. The zero-order valence-electron chi connectivity index (χ0n) is 23.6. The Labute approximate surface area is 254 Å². The number of anilines is 1. The van der Waals surface area contributed by atoms with Gasteiger partial charge in [-0.05, 0) is 55.2 Å². The molecule has 2 amide bonds. The van der Waals surface area contributed by atoms with Gasteiger partial charge in [-0.15, -0.1) is 0 Å². The van der Waals surface area contributed by atoms with Crippen LogP contribution in [0.1, 0.15) is 50.2 Å². The molecular weight excluding hydrogens is 603 g/mol. The van der Waals surface area contributed by atoms with Crippen LogP contribution in [0.2, 0.25) is 5.02 Å². The molecule has 1 fully saturated rings. The van der Waals surface area contributed by atoms with Crippen molar-refractivity contribution in [2.24, 2.45) is 0 Å². The largest absolute Gasteiger partial charge is 0.416 e. The maximum Gasteiger partial charge on any atom is 0.416 e. The van der Waals surface area contributed by atoms with Gasteiger partial charge in [0, 0.05) is 12.6 Å². The van der Waals surface area contributed by atoms with Gasteiger partial charge < -0.3 is 10.2 Å². The number of nitrogens with one attached hydrogen (secondary N) is 1. The monoisotopic (exact) mass is 635 g/mol. The maximum absolute atomic E-state index is 14.1. The lowest BCUT2D eigenvalue weighted by atomic mass is 10.1. The van der Waals surface area contributed by atoms with Gasteiger partial charge in [0.25, 0.3) is 10.0 Å². The minimum Gasteiger partial charge on any atom is -0.352 e. The fraction of sp³-hybridized carbons (Fsp3) is 0.355. The SMILES string of the molecule is CC[C@@H](C(=O)NC1CCCC1)N(Cc1ccccc1)C(=O)CN(c1cc(C(F)(F)F)ccc1Cl)S(=O)(=O)c1ccccc1. The Bertz CT molecular complexity index is 1520. The van der Waals surface area contributed by atoms with Crippen molar-refractivity contribution in [3.63, 3.8) is 0 Å². The highest BCUT2D eigenvalue weighted by molar-refractivity contribution is 7.92. The quantitative estimate of drug-likeness (QED) is 0.263. The summed E-state index contributed by atoms with van der Waals surface area (Å²) >= 11 is 6.30. The Morgan fingerprint density at radius 2 is 1.58 bits per heavy atom. The number of hydrogen-bond donors (Lipinski definition) is 1. The highest BCUT2D eigenvalue weighted by atomic mass is 35.5. The van der Waals surface area contributed by atoms with Gasteiger partial charge in [-0.25, -0.2) is 8.42 Å². The van der Waals surface area contributed by atoms with E-state index in [-0.39, 0.29) is 34.8 Å². The van der Waals surface area contributed by atoms with Crippen molar-refractivity contribution < 1.29 is 31.2 Å². The zero-order valence-corrected chi connectivity index (χ0v) is 25.1. The first-order valence-corrected chi connectivity index (χ1v) is 15.8. The molecule has 3 aromatic rings. The number of rotatable bonds is 11. The van der Waals surface area contributed by atoms with Gasteiger partial charge in [0.1, 0.15) is 12.6 Å². The van der Waals surface area contributed by atoms with Crippen LogP contribution < -0.4 is 9.62 Å². The topological polar surface area (TPSA) is 86.8 Å². The number of carbonyl (C=O) groups excluding carboxylic acids is 2. The van der Waals surface area contributed by atoms with Gasteiger partial charge in [-0.3, -0.25) is 13.9 Å². The Morgan fingerprint density at radius 3 is 2.16 bits per heavy atom. The van der Waals surface area contributed by atoms with Gasteiger partial charge in [0.05, 0.1) is 21.2 Å². The molecule has 0 aliphatic heterocycles. The Morgan fingerprint density at radius 1 is 0.977 bits per heavy atom. The van der Waals surface area contributed by atoms with Crippen LogP contribution in [0.5, 0.6) is 0 Å². The summed E-state index contributed by atoms with van der Waals surface area (Å²) in [5.41, 5.74) is -0.939. The fourth-order valence-corrected chi connectivity index (χ4v) is 6.90. The molecule has 4 rings (SSSR count). The summed E-state index contributed by atoms with van der Waals surface area (Å²) in [6.07, 6.45) is -0.946. The third-order valence-electron chi connectivity index (χ3n) is 7.44. The minimum atomic E-state index is -4.80. The second-order valence-electron chi connectivity index (χ2n) is 10.4. The van der Waals surface area contributed by atoms with Gasteiger partial charge >= 0.3 is 6.18 Å². The van der Waals surface area contributed by atoms with Crippen molar-refractivity contribution in [2.45, 2.75) is 68.7 Å². The van der Waals surface area contributed by atoms with Crippen LogP contribution in [0.4, 0.5) is 18.9 Å². The van der Waals surface area contributed by atoms with E-state index in [0.29, 0.717) is 15.9 Å². The molecule has 0 spiro atoms. The van der Waals surface area contributed by atoms with Crippen molar-refractivity contribution >= 4 is 39.1 Å². The van der Waals surface area contributed by atoms with Crippen molar-refractivity contribution in [1.82, 2.24) is 10.2 Å². The Balaban J connectivity index is 1.77. The molecule has 1 N–H and O–H groups in total. The third kappa shape index (κ3) is 7.88. The maximum atomic E-state index is 14.1. The highest BCUT2D eigenvalue weighted by Gasteiger charge is 2.37. The number of amides is 2. The standard InChI is InChI=1S/C31H33ClF3N3O4S/c1-2-27(30(40)36-24-13-9-10-14-24)37(20-22-11-5-3-6-12-22)29(39)21-38(43(41,42)25-15-7-4-8-16-25)28-19-23(31(33,34)35)17-18-26(28)32/h3-8,11-12,15-19,24,27H,2,9-10,13-14,20-21H2,1H3,(H,36,40)/t27-/m0/s1. The average molecular weight is 636 g/mol. The van der Waals surface area contributed by atoms with E-state index in [1.54, 1.807) is 43.3 Å². The van der Waals surface area contributed by atoms with Gasteiger partial charge in [-0.1, -0.05) is 79.9 Å². The molecule has 0 bridgehead atoms. The first-order chi connectivity index (χ1) is 20.4. The molecular formula is C31H33ClF3N3O4S. The van der Waals surface area contributed by atoms with Crippen molar-refractivity contribution in [1.29, 1.82) is 0 Å². The summed E-state index contributed by atoms with van der Waals surface area (Å²) in [5, 5.41) is 2.72. The van der Waals surface area contributed by atoms with E-state index in [1.807, 2.05) is 0 Å². The van der Waals surface area contributed by atoms with E-state index in [4.69, 9.17) is 11.6 Å². The van der Waals surface area contributed by atoms with Gasteiger partial charge in [0.15, 0.2) is 0 Å². The Kier molecular flexibility index (Phi) is 10.4. The van der Waals surface area contributed by atoms with E-state index >= 15 is 0 Å². The summed E-state index contributed by atoms with van der Waals surface area (Å²) < 4.78 is 69.5. The number of sulfonamides is 1. The normalized spacial score (nSPS) is 14.7. The third-order valence-corrected chi connectivity index (χ3v) is 9.53. The molecule has 12 heteroatoms. The number of hydrogen-bond acceptors (Lipinski definition) is 4. The number of nitrogens with zero attached hydrogens (tertiary/aromatic N) is 2. The molecule has 0 heterocycles. The van der Waals surface area contributed by atoms with E-state index in [1.165, 1.54) is 29.2 Å². The van der Waals surface area contributed by atoms with Crippen molar-refractivity contribution in [2.75, 3.05) is 10.8 Å². The number of alkyl halides is 3. The lowest BCUT2D eigenvalue weighted by Gasteiger charge is -2.34. The van der Waals surface area contributed by atoms with Crippen LogP contribution in [0.3, 0.4) is 0 Å². The van der Waals surface area contributed by atoms with Crippen LogP contribution in [0.25, 0.3) is 0 Å². The van der Waals surface area contributed by atoms with Crippen LogP contribution in [0.15, 0.2) is 83.8 Å². The smallest absolute Gasteiger partial charge is 0.352 e. The van der Waals surface area contributed by atoms with Crippen LogP contribution in [-0.4, -0.2) is 43.8 Å². The predicted molar refractivity (Wildman–Crippen MR) is 159 cm³/mol. The summed E-state index contributed by atoms with van der Waals surface area (Å²) in [6.45, 7) is 0.830. The van der Waals surface area contributed by atoms with E-state index in [0.717, 1.165) is 37.8 Å². The van der Waals surface area contributed by atoms with E-state index < -0.39 is 45.9 Å². The summed E-state index contributed by atoms with van der Waals surface area (Å²) in [5.74, 6) is -1.14. The lowest BCUT2D eigenvalue weighted by molar-refractivity contribution is -0.140. The number of benzene rings is 3. The fourth-order valence-electron chi connectivity index (χ4n) is 5.18. The number of halogens is 4. The predicted octanol–water partition coefficient (Wildman–Crippen LogP) is 6.42. The summed E-state index contributed by atoms with van der Waals surface area (Å²) in [7, 11) is -4.58. The molecule has 1 aliphatic carbocycles. The molecule has 1 aliphatic rings. The lowest BCUT2D eigenvalue weighted by Crippen LogP contribution is -2.53. The molecule has 230 valence electrons. The van der Waals surface area contributed by atoms with Crippen molar-refractivity contribution in [3.05, 3.63) is 95.0 Å². The van der Waals surface area contributed by atoms with Crippen LogP contribution >= 0.6 is 11.6 Å². The van der Waals surface area contributed by atoms with Crippen molar-refractivity contribution in [3.8, 4) is 0 Å². The summed E-state index contributed by atoms with van der Waals surface area (Å²) in [6, 6.07) is 17.3. The molecule has 0 radical (unpaired) electrons. The second kappa shape index (κ2) is 13.8. The Hall–Kier alpha value is -3.57. The first-order valence-electron chi connectivity index (χ1n) is 14.0. The van der Waals surface area contributed by atoms with Gasteiger partial charge in [-0.2, -0.15) is 13.2 Å². The molecule has 1 atom stereocenters. The minimum absolute atomic E-state index is 0.0194. The molecule has 0 saturated heterocycles. The molecule has 0 unspecified atom stereocenters. The molecule has 0 aromatic heterocycles. The number of carbonyl (C=O) groups is 2. The molecule has 43 heavy (non-hydrogen) atoms. The van der Waals surface area contributed by atoms with E-state index in [2.05, 4.69) is 5.32 Å². The summed E-state index contributed by atoms with van der Waals surface area (Å²) in [4.78, 5) is 28.6. The van der Waals surface area contributed by atoms with E-state index in [9.17, 15) is 31.2 Å². The zero-order chi connectivity index (χ0) is 31.2. The van der Waals surface area contributed by atoms with Crippen LogP contribution in [-0.2, 0) is 32.3 Å².